The second kappa shape index (κ2) is 7.51. The van der Waals surface area contributed by atoms with Gasteiger partial charge in [0.15, 0.2) is 5.78 Å². The maximum Gasteiger partial charge on any atom is 0.220 e. The molecule has 1 aliphatic rings. The average molecular weight is 337 g/mol. The molecule has 2 aromatic rings. The number of rotatable bonds is 6. The van der Waals surface area contributed by atoms with Crippen LogP contribution in [0.25, 0.3) is 11.1 Å². The highest BCUT2D eigenvalue weighted by molar-refractivity contribution is 6.00. The number of hydrogen-bond acceptors (Lipinski definition) is 3. The van der Waals surface area contributed by atoms with Crippen molar-refractivity contribution in [1.82, 2.24) is 5.32 Å². The smallest absolute Gasteiger partial charge is 0.220 e. The largest absolute Gasteiger partial charge is 0.488 e. The molecule has 1 unspecified atom stereocenters. The zero-order valence-electron chi connectivity index (χ0n) is 14.7. The van der Waals surface area contributed by atoms with Crippen LogP contribution in [0.4, 0.5) is 0 Å². The molecule has 1 heterocycles. The molecule has 0 saturated heterocycles. The van der Waals surface area contributed by atoms with Crippen LogP contribution in [0.1, 0.15) is 42.6 Å². The van der Waals surface area contributed by atoms with Crippen molar-refractivity contribution < 1.29 is 14.3 Å². The lowest BCUT2D eigenvalue weighted by molar-refractivity contribution is -0.121. The van der Waals surface area contributed by atoms with Crippen molar-refractivity contribution in [2.75, 3.05) is 6.54 Å². The minimum Gasteiger partial charge on any atom is -0.488 e. The van der Waals surface area contributed by atoms with E-state index in [2.05, 4.69) is 11.4 Å². The maximum atomic E-state index is 11.9. The number of carbonyl (C=O) groups is 2. The Bertz CT molecular complexity index is 797. The van der Waals surface area contributed by atoms with Gasteiger partial charge in [-0.1, -0.05) is 37.3 Å². The third-order valence-electron chi connectivity index (χ3n) is 4.42. The summed E-state index contributed by atoms with van der Waals surface area (Å²) in [6, 6.07) is 13.7. The van der Waals surface area contributed by atoms with Crippen molar-refractivity contribution in [3.8, 4) is 16.9 Å². The van der Waals surface area contributed by atoms with Crippen molar-refractivity contribution in [2.45, 2.75) is 39.2 Å². The molecule has 0 radical (unpaired) electrons. The van der Waals surface area contributed by atoms with Crippen LogP contribution in [-0.4, -0.2) is 24.3 Å². The summed E-state index contributed by atoms with van der Waals surface area (Å²) in [5, 5.41) is 2.92. The predicted octanol–water partition coefficient (Wildman–Crippen LogP) is 3.78. The molecule has 1 aliphatic heterocycles. The zero-order chi connectivity index (χ0) is 17.8. The van der Waals surface area contributed by atoms with Crippen molar-refractivity contribution in [3.05, 3.63) is 53.6 Å². The van der Waals surface area contributed by atoms with E-state index in [0.717, 1.165) is 40.8 Å². The van der Waals surface area contributed by atoms with E-state index in [1.807, 2.05) is 43.3 Å². The molecular weight excluding hydrogens is 314 g/mol. The molecule has 1 atom stereocenters. The highest BCUT2D eigenvalue weighted by Gasteiger charge is 2.24. The molecule has 2 aromatic carbocycles. The Hall–Kier alpha value is -2.62. The highest BCUT2D eigenvalue weighted by Crippen LogP contribution is 2.34. The van der Waals surface area contributed by atoms with Crippen molar-refractivity contribution in [1.29, 1.82) is 0 Å². The fourth-order valence-corrected chi connectivity index (χ4v) is 3.19. The van der Waals surface area contributed by atoms with Crippen LogP contribution < -0.4 is 10.1 Å². The number of ketones is 1. The Balaban J connectivity index is 1.75. The molecule has 0 fully saturated rings. The first-order valence-corrected chi connectivity index (χ1v) is 8.75. The number of ether oxygens (including phenoxy) is 1. The van der Waals surface area contributed by atoms with Crippen LogP contribution in [0.5, 0.6) is 5.75 Å². The zero-order valence-corrected chi connectivity index (χ0v) is 14.7. The van der Waals surface area contributed by atoms with E-state index >= 15 is 0 Å². The van der Waals surface area contributed by atoms with Gasteiger partial charge in [0.25, 0.3) is 0 Å². The third-order valence-corrected chi connectivity index (χ3v) is 4.42. The summed E-state index contributed by atoms with van der Waals surface area (Å²) < 4.78 is 5.92. The summed E-state index contributed by atoms with van der Waals surface area (Å²) in [6.07, 6.45) is 2.12. The van der Waals surface area contributed by atoms with Crippen LogP contribution in [0.15, 0.2) is 42.5 Å². The topological polar surface area (TPSA) is 55.4 Å². The van der Waals surface area contributed by atoms with Gasteiger partial charge in [0.2, 0.25) is 5.91 Å². The van der Waals surface area contributed by atoms with E-state index in [9.17, 15) is 9.59 Å². The second-order valence-electron chi connectivity index (χ2n) is 6.42. The monoisotopic (exact) mass is 337 g/mol. The van der Waals surface area contributed by atoms with E-state index in [1.54, 1.807) is 6.92 Å². The number of carbonyl (C=O) groups excluding carboxylic acids is 2. The summed E-state index contributed by atoms with van der Waals surface area (Å²) in [6.45, 7) is 4.10. The summed E-state index contributed by atoms with van der Waals surface area (Å²) >= 11 is 0. The Kier molecular flexibility index (Phi) is 5.17. The Labute approximate surface area is 148 Å². The first kappa shape index (κ1) is 17.2. The third kappa shape index (κ3) is 3.90. The molecular formula is C21H23NO3. The molecule has 130 valence electrons. The van der Waals surface area contributed by atoms with Gasteiger partial charge in [0, 0.05) is 18.4 Å². The van der Waals surface area contributed by atoms with E-state index in [0.29, 0.717) is 13.0 Å². The summed E-state index contributed by atoms with van der Waals surface area (Å²) in [4.78, 5) is 23.5. The molecule has 4 nitrogen and oxygen atoms in total. The van der Waals surface area contributed by atoms with Gasteiger partial charge >= 0.3 is 0 Å². The van der Waals surface area contributed by atoms with Gasteiger partial charge in [-0.25, -0.2) is 0 Å². The van der Waals surface area contributed by atoms with Gasteiger partial charge in [0.05, 0.1) is 6.54 Å². The van der Waals surface area contributed by atoms with Gasteiger partial charge in [-0.2, -0.15) is 0 Å². The molecule has 0 bridgehead atoms. The molecule has 4 heteroatoms. The van der Waals surface area contributed by atoms with Gasteiger partial charge in [-0.05, 0) is 42.2 Å². The molecule has 0 aromatic heterocycles. The molecule has 1 amide bonds. The summed E-state index contributed by atoms with van der Waals surface area (Å²) in [7, 11) is 0. The van der Waals surface area contributed by atoms with Gasteiger partial charge < -0.3 is 10.1 Å². The van der Waals surface area contributed by atoms with Crippen molar-refractivity contribution in [3.63, 3.8) is 0 Å². The minimum absolute atomic E-state index is 0.0332. The Morgan fingerprint density at radius 2 is 2.00 bits per heavy atom. The highest BCUT2D eigenvalue weighted by atomic mass is 16.5. The van der Waals surface area contributed by atoms with E-state index in [-0.39, 0.29) is 17.8 Å². The Morgan fingerprint density at radius 1 is 1.20 bits per heavy atom. The standard InChI is InChI=1S/C21H23NO3/c1-3-6-21(24)22-13-17-12-16-11-15(9-10-20(16)25-17)19-8-5-4-7-18(19)14(2)23/h4-5,7-11,17H,3,6,12-13H2,1-2H3,(H,22,24). The van der Waals surface area contributed by atoms with E-state index in [4.69, 9.17) is 4.74 Å². The quantitative estimate of drug-likeness (QED) is 0.816. The van der Waals surface area contributed by atoms with Crippen LogP contribution in [0, 0.1) is 0 Å². The lowest BCUT2D eigenvalue weighted by Gasteiger charge is -2.11. The second-order valence-corrected chi connectivity index (χ2v) is 6.42. The number of nitrogens with one attached hydrogen (secondary N) is 1. The molecule has 0 aliphatic carbocycles. The van der Waals surface area contributed by atoms with Gasteiger partial charge in [-0.15, -0.1) is 0 Å². The summed E-state index contributed by atoms with van der Waals surface area (Å²) in [5.74, 6) is 0.987. The van der Waals surface area contributed by atoms with Gasteiger partial charge in [-0.3, -0.25) is 9.59 Å². The number of hydrogen-bond donors (Lipinski definition) is 1. The molecule has 0 saturated carbocycles. The lowest BCUT2D eigenvalue weighted by atomic mass is 9.95. The number of fused-ring (bicyclic) bond motifs is 1. The van der Waals surface area contributed by atoms with Gasteiger partial charge in [0.1, 0.15) is 11.9 Å². The lowest BCUT2D eigenvalue weighted by Crippen LogP contribution is -2.34. The summed E-state index contributed by atoms with van der Waals surface area (Å²) in [5.41, 5.74) is 3.80. The molecule has 25 heavy (non-hydrogen) atoms. The number of Topliss-reactive ketones (excluding diaryl/α,β-unsaturated/α-hetero) is 1. The van der Waals surface area contributed by atoms with E-state index < -0.39 is 0 Å². The van der Waals surface area contributed by atoms with Crippen LogP contribution in [-0.2, 0) is 11.2 Å². The average Bonchev–Trinajstić information content (AvgIpc) is 3.02. The Morgan fingerprint density at radius 3 is 2.76 bits per heavy atom. The van der Waals surface area contributed by atoms with E-state index in [1.165, 1.54) is 0 Å². The number of amides is 1. The first-order chi connectivity index (χ1) is 12.1. The minimum atomic E-state index is -0.0332. The normalized spacial score (nSPS) is 15.4. The van der Waals surface area contributed by atoms with Crippen molar-refractivity contribution in [2.24, 2.45) is 0 Å². The van der Waals surface area contributed by atoms with Crippen LogP contribution in [0.2, 0.25) is 0 Å². The predicted molar refractivity (Wildman–Crippen MR) is 97.9 cm³/mol. The maximum absolute atomic E-state index is 11.9. The SMILES string of the molecule is CCCC(=O)NCC1Cc2cc(-c3ccccc3C(C)=O)ccc2O1. The number of benzene rings is 2. The molecule has 3 rings (SSSR count). The molecule has 0 spiro atoms. The molecule has 1 N–H and O–H groups in total. The fraction of sp³-hybridized carbons (Fsp3) is 0.333. The van der Waals surface area contributed by atoms with Crippen LogP contribution >= 0.6 is 0 Å². The first-order valence-electron chi connectivity index (χ1n) is 8.75. The fourth-order valence-electron chi connectivity index (χ4n) is 3.19. The van der Waals surface area contributed by atoms with Crippen LogP contribution in [0.3, 0.4) is 0 Å². The van der Waals surface area contributed by atoms with Crippen molar-refractivity contribution >= 4 is 11.7 Å².